The second-order valence-electron chi connectivity index (χ2n) is 6.78. The van der Waals surface area contributed by atoms with E-state index in [9.17, 15) is 8.42 Å². The zero-order valence-electron chi connectivity index (χ0n) is 16.2. The lowest BCUT2D eigenvalue weighted by atomic mass is 10.0. The predicted molar refractivity (Wildman–Crippen MR) is 120 cm³/mol. The number of aromatic nitrogens is 1. The van der Waals surface area contributed by atoms with E-state index in [2.05, 4.69) is 15.0 Å². The van der Waals surface area contributed by atoms with Crippen LogP contribution in [0.15, 0.2) is 108 Å². The van der Waals surface area contributed by atoms with Gasteiger partial charge >= 0.3 is 0 Å². The fourth-order valence-electron chi connectivity index (χ4n) is 3.03. The zero-order chi connectivity index (χ0) is 20.8. The molecular weight excluding hydrogens is 394 g/mol. The van der Waals surface area contributed by atoms with Crippen LogP contribution >= 0.6 is 0 Å². The number of hydrogen-bond acceptors (Lipinski definition) is 4. The molecule has 2 N–H and O–H groups in total. The largest absolute Gasteiger partial charge is 0.354 e. The summed E-state index contributed by atoms with van der Waals surface area (Å²) in [6, 6.07) is 28.3. The normalized spacial score (nSPS) is 11.2. The van der Waals surface area contributed by atoms with Crippen LogP contribution in [0.2, 0.25) is 0 Å². The molecule has 0 spiro atoms. The Balaban J connectivity index is 1.39. The maximum absolute atomic E-state index is 12.6. The zero-order valence-corrected chi connectivity index (χ0v) is 17.0. The van der Waals surface area contributed by atoms with Crippen LogP contribution in [-0.2, 0) is 16.6 Å². The monoisotopic (exact) mass is 415 g/mol. The third kappa shape index (κ3) is 4.92. The van der Waals surface area contributed by atoms with Gasteiger partial charge in [-0.25, -0.2) is 13.1 Å². The minimum absolute atomic E-state index is 0.222. The van der Waals surface area contributed by atoms with Crippen molar-refractivity contribution in [1.29, 1.82) is 0 Å². The van der Waals surface area contributed by atoms with Gasteiger partial charge in [-0.2, -0.15) is 0 Å². The number of nitrogens with one attached hydrogen (secondary N) is 2. The summed E-state index contributed by atoms with van der Waals surface area (Å²) in [5.41, 5.74) is 4.75. The van der Waals surface area contributed by atoms with Crippen LogP contribution in [0.25, 0.3) is 11.1 Å². The van der Waals surface area contributed by atoms with Gasteiger partial charge in [-0.15, -0.1) is 0 Å². The Morgan fingerprint density at radius 3 is 2.07 bits per heavy atom. The van der Waals surface area contributed by atoms with Crippen molar-refractivity contribution >= 4 is 21.4 Å². The molecule has 1 aromatic heterocycles. The molecule has 4 aromatic rings. The molecule has 0 saturated heterocycles. The highest BCUT2D eigenvalue weighted by atomic mass is 32.2. The van der Waals surface area contributed by atoms with Crippen molar-refractivity contribution in [3.05, 3.63) is 109 Å². The van der Waals surface area contributed by atoms with Crippen LogP contribution in [0.4, 0.5) is 11.4 Å². The first-order chi connectivity index (χ1) is 14.6. The third-order valence-corrected chi connectivity index (χ3v) is 6.06. The van der Waals surface area contributed by atoms with Gasteiger partial charge in [0.2, 0.25) is 10.0 Å². The van der Waals surface area contributed by atoms with Crippen molar-refractivity contribution in [3.63, 3.8) is 0 Å². The van der Waals surface area contributed by atoms with Crippen LogP contribution in [0.5, 0.6) is 0 Å². The smallest absolute Gasteiger partial charge is 0.240 e. The van der Waals surface area contributed by atoms with Crippen LogP contribution in [-0.4, -0.2) is 13.4 Å². The molecule has 4 rings (SSSR count). The number of pyridine rings is 1. The molecule has 0 aliphatic heterocycles. The summed E-state index contributed by atoms with van der Waals surface area (Å²) in [4.78, 5) is 4.27. The van der Waals surface area contributed by atoms with E-state index in [1.165, 1.54) is 0 Å². The molecule has 3 aromatic carbocycles. The lowest BCUT2D eigenvalue weighted by molar-refractivity contribution is 0.581. The van der Waals surface area contributed by atoms with Gasteiger partial charge < -0.3 is 5.32 Å². The highest BCUT2D eigenvalue weighted by molar-refractivity contribution is 7.89. The number of anilines is 2. The number of rotatable bonds is 7. The van der Waals surface area contributed by atoms with E-state index in [1.54, 1.807) is 36.7 Å². The van der Waals surface area contributed by atoms with Gasteiger partial charge in [-0.1, -0.05) is 54.6 Å². The Morgan fingerprint density at radius 2 is 1.40 bits per heavy atom. The van der Waals surface area contributed by atoms with Crippen molar-refractivity contribution in [2.24, 2.45) is 0 Å². The van der Waals surface area contributed by atoms with Crippen molar-refractivity contribution in [3.8, 4) is 11.1 Å². The molecular formula is C24H21N3O2S. The van der Waals surface area contributed by atoms with Gasteiger partial charge in [0.15, 0.2) is 0 Å². The molecule has 1 heterocycles. The molecule has 0 fully saturated rings. The molecule has 0 atom stereocenters. The highest BCUT2D eigenvalue weighted by Gasteiger charge is 2.13. The average Bonchev–Trinajstić information content (AvgIpc) is 2.80. The summed E-state index contributed by atoms with van der Waals surface area (Å²) in [7, 11) is -3.60. The Kier molecular flexibility index (Phi) is 5.88. The molecule has 0 aliphatic carbocycles. The first kappa shape index (κ1) is 19.8. The van der Waals surface area contributed by atoms with Crippen LogP contribution < -0.4 is 10.0 Å². The van der Waals surface area contributed by atoms with E-state index >= 15 is 0 Å². The lowest BCUT2D eigenvalue weighted by Crippen LogP contribution is -2.23. The Labute approximate surface area is 176 Å². The van der Waals surface area contributed by atoms with Gasteiger partial charge in [0.1, 0.15) is 0 Å². The molecule has 30 heavy (non-hydrogen) atoms. The molecule has 0 radical (unpaired) electrons. The molecule has 6 heteroatoms. The number of hydrogen-bond donors (Lipinski definition) is 2. The van der Waals surface area contributed by atoms with Crippen molar-refractivity contribution < 1.29 is 8.42 Å². The summed E-state index contributed by atoms with van der Waals surface area (Å²) in [5, 5.41) is 3.18. The lowest BCUT2D eigenvalue weighted by Gasteiger charge is -2.10. The van der Waals surface area contributed by atoms with Crippen molar-refractivity contribution in [1.82, 2.24) is 9.71 Å². The topological polar surface area (TPSA) is 71.1 Å². The fourth-order valence-corrected chi connectivity index (χ4v) is 4.05. The second kappa shape index (κ2) is 8.90. The van der Waals surface area contributed by atoms with E-state index in [4.69, 9.17) is 0 Å². The summed E-state index contributed by atoms with van der Waals surface area (Å²) in [6.07, 6.45) is 3.40. The molecule has 0 bridgehead atoms. The van der Waals surface area contributed by atoms with Crippen LogP contribution in [0.1, 0.15) is 5.56 Å². The Morgan fingerprint density at radius 1 is 0.700 bits per heavy atom. The third-order valence-electron chi connectivity index (χ3n) is 4.64. The summed E-state index contributed by atoms with van der Waals surface area (Å²) < 4.78 is 27.9. The first-order valence-electron chi connectivity index (χ1n) is 9.51. The number of sulfonamides is 1. The molecule has 0 aliphatic rings. The second-order valence-corrected chi connectivity index (χ2v) is 8.55. The van der Waals surface area contributed by atoms with Crippen LogP contribution in [0.3, 0.4) is 0 Å². The molecule has 150 valence electrons. The Bertz CT molecular complexity index is 1190. The standard InChI is InChI=1S/C24H21N3O2S/c28-30(29,24-14-12-22(13-15-24)27-23-7-4-16-25-18-23)26-17-19-8-10-21(11-9-19)20-5-2-1-3-6-20/h1-16,18,26-27H,17H2. The average molecular weight is 416 g/mol. The first-order valence-corrected chi connectivity index (χ1v) is 11.0. The molecule has 0 saturated carbocycles. The summed E-state index contributed by atoms with van der Waals surface area (Å²) in [5.74, 6) is 0. The minimum Gasteiger partial charge on any atom is -0.354 e. The highest BCUT2D eigenvalue weighted by Crippen LogP contribution is 2.20. The van der Waals surface area contributed by atoms with E-state index in [0.717, 1.165) is 28.1 Å². The SMILES string of the molecule is O=S(=O)(NCc1ccc(-c2ccccc2)cc1)c1ccc(Nc2cccnc2)cc1. The van der Waals surface area contributed by atoms with Gasteiger partial charge in [-0.3, -0.25) is 4.98 Å². The van der Waals surface area contributed by atoms with E-state index in [1.807, 2.05) is 66.7 Å². The summed E-state index contributed by atoms with van der Waals surface area (Å²) in [6.45, 7) is 0.229. The Hall–Kier alpha value is -3.48. The number of benzene rings is 3. The summed E-state index contributed by atoms with van der Waals surface area (Å²) >= 11 is 0. The van der Waals surface area contributed by atoms with E-state index in [0.29, 0.717) is 0 Å². The van der Waals surface area contributed by atoms with E-state index in [-0.39, 0.29) is 11.4 Å². The number of nitrogens with zero attached hydrogens (tertiary/aromatic N) is 1. The molecule has 0 amide bonds. The van der Waals surface area contributed by atoms with Gasteiger partial charge in [-0.05, 0) is 53.1 Å². The fraction of sp³-hybridized carbons (Fsp3) is 0.0417. The maximum Gasteiger partial charge on any atom is 0.240 e. The molecule has 0 unspecified atom stereocenters. The van der Waals surface area contributed by atoms with Crippen molar-refractivity contribution in [2.75, 3.05) is 5.32 Å². The quantitative estimate of drug-likeness (QED) is 0.447. The van der Waals surface area contributed by atoms with Crippen LogP contribution in [0, 0.1) is 0 Å². The van der Waals surface area contributed by atoms with Gasteiger partial charge in [0.05, 0.1) is 16.8 Å². The molecule has 5 nitrogen and oxygen atoms in total. The van der Waals surface area contributed by atoms with Crippen molar-refractivity contribution in [2.45, 2.75) is 11.4 Å². The minimum atomic E-state index is -3.60. The van der Waals surface area contributed by atoms with Gasteiger partial charge in [0, 0.05) is 18.4 Å². The van der Waals surface area contributed by atoms with Gasteiger partial charge in [0.25, 0.3) is 0 Å². The van der Waals surface area contributed by atoms with E-state index < -0.39 is 10.0 Å². The predicted octanol–water partition coefficient (Wildman–Crippen LogP) is 4.97. The maximum atomic E-state index is 12.6.